The van der Waals surface area contributed by atoms with Crippen LogP contribution >= 0.6 is 0 Å². The Morgan fingerprint density at radius 2 is 2.07 bits per heavy atom. The average molecular weight is 193 g/mol. The first-order valence-electron chi connectivity index (χ1n) is 5.39. The zero-order valence-corrected chi connectivity index (χ0v) is 9.62. The third-order valence-electron chi connectivity index (χ3n) is 2.46. The highest BCUT2D eigenvalue weighted by atomic mass is 15.1. The van der Waals surface area contributed by atoms with E-state index in [-0.39, 0.29) is 0 Å². The molecule has 0 saturated heterocycles. The molecule has 14 heavy (non-hydrogen) atoms. The first-order chi connectivity index (χ1) is 6.65. The molecule has 0 fully saturated rings. The summed E-state index contributed by atoms with van der Waals surface area (Å²) in [5.74, 6) is 0.594. The molecule has 0 amide bonds. The molecule has 1 rings (SSSR count). The van der Waals surface area contributed by atoms with Gasteiger partial charge < -0.3 is 0 Å². The summed E-state index contributed by atoms with van der Waals surface area (Å²) >= 11 is 0. The van der Waals surface area contributed by atoms with E-state index in [0.29, 0.717) is 12.1 Å². The normalized spacial score (nSPS) is 13.2. The topological polar surface area (TPSA) is 15.9 Å². The lowest BCUT2D eigenvalue weighted by atomic mass is 10.1. The van der Waals surface area contributed by atoms with Crippen LogP contribution in [0.25, 0.3) is 0 Å². The summed E-state index contributed by atoms with van der Waals surface area (Å²) in [5.41, 5.74) is 1.39. The summed E-state index contributed by atoms with van der Waals surface area (Å²) in [6, 6.07) is 4.29. The van der Waals surface area contributed by atoms with Crippen LogP contribution in [0.15, 0.2) is 24.5 Å². The van der Waals surface area contributed by atoms with Crippen LogP contribution in [0.3, 0.4) is 0 Å². The largest absolute Gasteiger partial charge is 0.260 e. The van der Waals surface area contributed by atoms with E-state index in [2.05, 4.69) is 62.1 Å². The highest BCUT2D eigenvalue weighted by Crippen LogP contribution is 2.10. The maximum Gasteiger partial charge on any atom is 0.209 e. The highest BCUT2D eigenvalue weighted by molar-refractivity contribution is 5.09. The first-order valence-corrected chi connectivity index (χ1v) is 5.39. The van der Waals surface area contributed by atoms with Crippen LogP contribution in [0.4, 0.5) is 0 Å². The van der Waals surface area contributed by atoms with Gasteiger partial charge in [-0.1, -0.05) is 20.8 Å². The van der Waals surface area contributed by atoms with Crippen molar-refractivity contribution in [2.75, 3.05) is 6.54 Å². The number of hydrogen-bond donors (Lipinski definition) is 1. The molecule has 2 heteroatoms. The van der Waals surface area contributed by atoms with Crippen molar-refractivity contribution < 1.29 is 4.57 Å². The number of rotatable bonds is 4. The zero-order chi connectivity index (χ0) is 10.6. The van der Waals surface area contributed by atoms with Gasteiger partial charge in [0.2, 0.25) is 6.17 Å². The summed E-state index contributed by atoms with van der Waals surface area (Å²) in [5, 5.41) is 3.39. The Balaban J connectivity index is 2.82. The van der Waals surface area contributed by atoms with Crippen LogP contribution < -0.4 is 9.88 Å². The number of aromatic nitrogens is 1. The molecule has 1 aromatic rings. The zero-order valence-electron chi connectivity index (χ0n) is 9.62. The summed E-state index contributed by atoms with van der Waals surface area (Å²) < 4.78 is 2.22. The van der Waals surface area contributed by atoms with E-state index in [1.54, 1.807) is 0 Å². The van der Waals surface area contributed by atoms with E-state index in [9.17, 15) is 0 Å². The Hall–Kier alpha value is -0.890. The maximum atomic E-state index is 3.39. The van der Waals surface area contributed by atoms with Crippen molar-refractivity contribution >= 4 is 0 Å². The highest BCUT2D eigenvalue weighted by Gasteiger charge is 2.11. The molecular formula is C12H21N2+. The molecule has 0 aliphatic heterocycles. The molecule has 1 heterocycles. The van der Waals surface area contributed by atoms with Gasteiger partial charge in [-0.25, -0.2) is 0 Å². The number of hydrogen-bond acceptors (Lipinski definition) is 1. The molecule has 1 aromatic heterocycles. The molecule has 0 radical (unpaired) electrons. The predicted molar refractivity (Wildman–Crippen MR) is 59.1 cm³/mol. The Bertz CT molecular complexity index is 281. The quantitative estimate of drug-likeness (QED) is 0.725. The van der Waals surface area contributed by atoms with Gasteiger partial charge in [0.05, 0.1) is 0 Å². The lowest BCUT2D eigenvalue weighted by molar-refractivity contribution is -0.725. The van der Waals surface area contributed by atoms with Gasteiger partial charge in [-0.3, -0.25) is 5.32 Å². The molecule has 0 aliphatic rings. The Morgan fingerprint density at radius 3 is 2.64 bits per heavy atom. The molecule has 0 bridgehead atoms. The smallest absolute Gasteiger partial charge is 0.209 e. The molecule has 1 N–H and O–H groups in total. The standard InChI is InChI=1S/C12H21N2/c1-5-13-11(4)14-8-6-7-12(9-14)10(2)3/h6-11,13H,5H2,1-4H3/q+1. The fraction of sp³-hybridized carbons (Fsp3) is 0.583. The SMILES string of the molecule is CCNC(C)[n+]1cccc(C(C)C)c1. The minimum atomic E-state index is 0.374. The maximum absolute atomic E-state index is 3.39. The van der Waals surface area contributed by atoms with Crippen LogP contribution in [0.5, 0.6) is 0 Å². The third-order valence-corrected chi connectivity index (χ3v) is 2.46. The monoisotopic (exact) mass is 193 g/mol. The van der Waals surface area contributed by atoms with Gasteiger partial charge in [-0.05, 0) is 18.5 Å². The van der Waals surface area contributed by atoms with Gasteiger partial charge in [0.25, 0.3) is 0 Å². The fourth-order valence-corrected chi connectivity index (χ4v) is 1.49. The average Bonchev–Trinajstić information content (AvgIpc) is 2.18. The van der Waals surface area contributed by atoms with E-state index in [1.165, 1.54) is 5.56 Å². The molecule has 78 valence electrons. The predicted octanol–water partition coefficient (Wildman–Crippen LogP) is 2.23. The first kappa shape index (κ1) is 11.2. The van der Waals surface area contributed by atoms with Crippen molar-refractivity contribution in [3.63, 3.8) is 0 Å². The summed E-state index contributed by atoms with van der Waals surface area (Å²) in [4.78, 5) is 0. The Morgan fingerprint density at radius 1 is 1.36 bits per heavy atom. The van der Waals surface area contributed by atoms with Gasteiger partial charge in [0.15, 0.2) is 12.4 Å². The molecule has 1 atom stereocenters. The third kappa shape index (κ3) is 2.81. The molecule has 0 saturated carbocycles. The fourth-order valence-electron chi connectivity index (χ4n) is 1.49. The van der Waals surface area contributed by atoms with E-state index in [0.717, 1.165) is 6.54 Å². The lowest BCUT2D eigenvalue weighted by Crippen LogP contribution is -2.45. The molecule has 0 spiro atoms. The molecule has 1 unspecified atom stereocenters. The second-order valence-electron chi connectivity index (χ2n) is 3.97. The van der Waals surface area contributed by atoms with Gasteiger partial charge in [-0.15, -0.1) is 0 Å². The second-order valence-corrected chi connectivity index (χ2v) is 3.97. The van der Waals surface area contributed by atoms with Crippen molar-refractivity contribution in [1.29, 1.82) is 0 Å². The van der Waals surface area contributed by atoms with Crippen LogP contribution in [0, 0.1) is 0 Å². The Labute approximate surface area is 87.0 Å². The molecule has 0 aliphatic carbocycles. The summed E-state index contributed by atoms with van der Waals surface area (Å²) in [6.07, 6.45) is 4.70. The summed E-state index contributed by atoms with van der Waals surface area (Å²) in [6.45, 7) is 9.74. The van der Waals surface area contributed by atoms with E-state index < -0.39 is 0 Å². The number of pyridine rings is 1. The van der Waals surface area contributed by atoms with Crippen LogP contribution in [-0.2, 0) is 0 Å². The van der Waals surface area contributed by atoms with Gasteiger partial charge in [-0.2, -0.15) is 4.57 Å². The molecule has 0 aromatic carbocycles. The van der Waals surface area contributed by atoms with Crippen LogP contribution in [0.1, 0.15) is 45.3 Å². The van der Waals surface area contributed by atoms with Crippen molar-refractivity contribution in [1.82, 2.24) is 5.32 Å². The van der Waals surface area contributed by atoms with E-state index >= 15 is 0 Å². The van der Waals surface area contributed by atoms with Crippen molar-refractivity contribution in [2.45, 2.75) is 39.8 Å². The minimum absolute atomic E-state index is 0.374. The van der Waals surface area contributed by atoms with Gasteiger partial charge in [0, 0.05) is 18.6 Å². The number of nitrogens with one attached hydrogen (secondary N) is 1. The van der Waals surface area contributed by atoms with Crippen LogP contribution in [0.2, 0.25) is 0 Å². The van der Waals surface area contributed by atoms with Gasteiger partial charge >= 0.3 is 0 Å². The minimum Gasteiger partial charge on any atom is -0.260 e. The molecular weight excluding hydrogens is 172 g/mol. The second kappa shape index (κ2) is 5.11. The molecule has 2 nitrogen and oxygen atoms in total. The van der Waals surface area contributed by atoms with Crippen molar-refractivity contribution in [2.24, 2.45) is 0 Å². The Kier molecular flexibility index (Phi) is 4.08. The number of nitrogens with zero attached hydrogens (tertiary/aromatic N) is 1. The summed E-state index contributed by atoms with van der Waals surface area (Å²) in [7, 11) is 0. The van der Waals surface area contributed by atoms with E-state index in [4.69, 9.17) is 0 Å². The van der Waals surface area contributed by atoms with Crippen LogP contribution in [-0.4, -0.2) is 6.54 Å². The lowest BCUT2D eigenvalue weighted by Gasteiger charge is -2.09. The van der Waals surface area contributed by atoms with Crippen molar-refractivity contribution in [3.8, 4) is 0 Å². The van der Waals surface area contributed by atoms with Gasteiger partial charge in [0.1, 0.15) is 0 Å². The van der Waals surface area contributed by atoms with Crippen molar-refractivity contribution in [3.05, 3.63) is 30.1 Å². The van der Waals surface area contributed by atoms with E-state index in [1.807, 2.05) is 0 Å².